The molecule has 0 heterocycles. The van der Waals surface area contributed by atoms with Crippen molar-refractivity contribution in [1.29, 1.82) is 0 Å². The Balaban J connectivity index is 2.03. The van der Waals surface area contributed by atoms with E-state index in [1.165, 1.54) is 0 Å². The summed E-state index contributed by atoms with van der Waals surface area (Å²) >= 11 is 0. The Bertz CT molecular complexity index is 437. The lowest BCUT2D eigenvalue weighted by atomic mass is 9.89. The number of rotatable bonds is 15. The van der Waals surface area contributed by atoms with Crippen LogP contribution >= 0.6 is 0 Å². The molecule has 4 unspecified atom stereocenters. The average molecular weight is 437 g/mol. The standard InChI is InChI=1S/C17H28F5NO6/c18-12-13(19)15(21)17(16(22)14(12)20)29-11(24)1-3-25-5-7-27-9-10-28-8-6-26-4-2-23/h12-17H,1-10,23H2. The van der Waals surface area contributed by atoms with Gasteiger partial charge >= 0.3 is 5.97 Å². The zero-order valence-electron chi connectivity index (χ0n) is 16.0. The van der Waals surface area contributed by atoms with Crippen molar-refractivity contribution in [2.24, 2.45) is 5.73 Å². The first-order valence-electron chi connectivity index (χ1n) is 9.31. The fourth-order valence-electron chi connectivity index (χ4n) is 2.41. The summed E-state index contributed by atoms with van der Waals surface area (Å²) in [6, 6.07) is 0. The van der Waals surface area contributed by atoms with E-state index in [4.69, 9.17) is 24.7 Å². The van der Waals surface area contributed by atoms with Gasteiger partial charge in [0.25, 0.3) is 0 Å². The first kappa shape index (κ1) is 26.0. The Morgan fingerprint density at radius 2 is 1.00 bits per heavy atom. The minimum absolute atomic E-state index is 0.135. The van der Waals surface area contributed by atoms with Gasteiger partial charge in [-0.1, -0.05) is 0 Å². The maximum Gasteiger partial charge on any atom is 0.308 e. The molecule has 1 aliphatic carbocycles. The van der Waals surface area contributed by atoms with E-state index in [0.29, 0.717) is 39.6 Å². The predicted octanol–water partition coefficient (Wildman–Crippen LogP) is 1.02. The molecule has 0 aliphatic heterocycles. The van der Waals surface area contributed by atoms with Crippen molar-refractivity contribution in [2.75, 3.05) is 59.4 Å². The maximum atomic E-state index is 13.6. The van der Waals surface area contributed by atoms with Crippen LogP contribution in [-0.2, 0) is 28.5 Å². The molecule has 172 valence electrons. The summed E-state index contributed by atoms with van der Waals surface area (Å²) in [6.45, 7) is 2.66. The van der Waals surface area contributed by atoms with Gasteiger partial charge in [0, 0.05) is 6.54 Å². The monoisotopic (exact) mass is 437 g/mol. The van der Waals surface area contributed by atoms with Crippen LogP contribution in [0.5, 0.6) is 0 Å². The van der Waals surface area contributed by atoms with Gasteiger partial charge in [-0.3, -0.25) is 4.79 Å². The van der Waals surface area contributed by atoms with E-state index >= 15 is 0 Å². The van der Waals surface area contributed by atoms with Gasteiger partial charge < -0.3 is 29.4 Å². The maximum absolute atomic E-state index is 13.6. The molecular weight excluding hydrogens is 409 g/mol. The SMILES string of the molecule is NCCOCCOCCOCCOCCC(=O)OC1C(F)C(F)C(F)C(F)C1F. The molecule has 2 N–H and O–H groups in total. The predicted molar refractivity (Wildman–Crippen MR) is 91.3 cm³/mol. The smallest absolute Gasteiger partial charge is 0.308 e. The third kappa shape index (κ3) is 9.51. The van der Waals surface area contributed by atoms with Gasteiger partial charge in [0.2, 0.25) is 0 Å². The second kappa shape index (κ2) is 14.8. The van der Waals surface area contributed by atoms with E-state index < -0.39 is 49.4 Å². The van der Waals surface area contributed by atoms with Gasteiger partial charge in [0.1, 0.15) is 0 Å². The molecule has 0 aromatic heterocycles. The fraction of sp³-hybridized carbons (Fsp3) is 0.941. The molecule has 1 fully saturated rings. The van der Waals surface area contributed by atoms with E-state index in [1.807, 2.05) is 0 Å². The highest BCUT2D eigenvalue weighted by atomic mass is 19.2. The van der Waals surface area contributed by atoms with E-state index in [0.717, 1.165) is 0 Å². The average Bonchev–Trinajstić information content (AvgIpc) is 2.71. The normalized spacial score (nSPS) is 29.7. The molecule has 12 heteroatoms. The Hall–Kier alpha value is -1.08. The molecule has 0 radical (unpaired) electrons. The zero-order valence-corrected chi connectivity index (χ0v) is 16.0. The summed E-state index contributed by atoms with van der Waals surface area (Å²) in [5.74, 6) is -1.11. The van der Waals surface area contributed by atoms with Crippen molar-refractivity contribution in [3.8, 4) is 0 Å². The number of carbonyl (C=O) groups excluding carboxylic acids is 1. The van der Waals surface area contributed by atoms with Crippen molar-refractivity contribution in [1.82, 2.24) is 0 Å². The largest absolute Gasteiger partial charge is 0.456 e. The van der Waals surface area contributed by atoms with Crippen LogP contribution < -0.4 is 5.73 Å². The minimum Gasteiger partial charge on any atom is -0.456 e. The van der Waals surface area contributed by atoms with Crippen LogP contribution in [-0.4, -0.2) is 102 Å². The number of alkyl halides is 5. The van der Waals surface area contributed by atoms with Crippen LogP contribution in [0.15, 0.2) is 0 Å². The lowest BCUT2D eigenvalue weighted by molar-refractivity contribution is -0.177. The molecule has 4 atom stereocenters. The molecule has 1 saturated carbocycles. The lowest BCUT2D eigenvalue weighted by Gasteiger charge is -2.35. The first-order chi connectivity index (χ1) is 13.9. The Morgan fingerprint density at radius 3 is 1.45 bits per heavy atom. The molecule has 0 spiro atoms. The number of nitrogens with two attached hydrogens (primary N) is 1. The third-order valence-electron chi connectivity index (χ3n) is 3.94. The van der Waals surface area contributed by atoms with Gasteiger partial charge in [-0.2, -0.15) is 0 Å². The number of hydrogen-bond acceptors (Lipinski definition) is 7. The van der Waals surface area contributed by atoms with E-state index in [9.17, 15) is 26.7 Å². The number of halogens is 5. The van der Waals surface area contributed by atoms with Crippen LogP contribution in [0, 0.1) is 0 Å². The summed E-state index contributed by atoms with van der Waals surface area (Å²) in [4.78, 5) is 11.6. The topological polar surface area (TPSA) is 89.2 Å². The highest BCUT2D eigenvalue weighted by Crippen LogP contribution is 2.33. The Kier molecular flexibility index (Phi) is 13.3. The number of esters is 1. The highest BCUT2D eigenvalue weighted by molar-refractivity contribution is 5.69. The number of carbonyl (C=O) groups is 1. The third-order valence-corrected chi connectivity index (χ3v) is 3.94. The molecule has 0 saturated heterocycles. The summed E-state index contributed by atoms with van der Waals surface area (Å²) in [6.07, 6.45) is -17.0. The van der Waals surface area contributed by atoms with E-state index in [2.05, 4.69) is 4.74 Å². The number of ether oxygens (including phenoxy) is 5. The summed E-state index contributed by atoms with van der Waals surface area (Å²) in [7, 11) is 0. The summed E-state index contributed by atoms with van der Waals surface area (Å²) < 4.78 is 91.8. The van der Waals surface area contributed by atoms with Crippen LogP contribution in [0.1, 0.15) is 6.42 Å². The molecule has 0 aromatic rings. The van der Waals surface area contributed by atoms with Gasteiger partial charge in [0.05, 0.1) is 59.3 Å². The minimum atomic E-state index is -2.94. The molecule has 7 nitrogen and oxygen atoms in total. The molecule has 0 aromatic carbocycles. The first-order valence-corrected chi connectivity index (χ1v) is 9.31. The molecule has 29 heavy (non-hydrogen) atoms. The van der Waals surface area contributed by atoms with Crippen LogP contribution in [0.3, 0.4) is 0 Å². The molecule has 0 amide bonds. The van der Waals surface area contributed by atoms with Crippen molar-refractivity contribution >= 4 is 5.97 Å². The van der Waals surface area contributed by atoms with Crippen molar-refractivity contribution in [3.05, 3.63) is 0 Å². The van der Waals surface area contributed by atoms with E-state index in [-0.39, 0.29) is 19.8 Å². The van der Waals surface area contributed by atoms with Gasteiger partial charge in [-0.05, 0) is 0 Å². The fourth-order valence-corrected chi connectivity index (χ4v) is 2.41. The van der Waals surface area contributed by atoms with Crippen LogP contribution in [0.4, 0.5) is 22.0 Å². The molecule has 1 aliphatic rings. The quantitative estimate of drug-likeness (QED) is 0.232. The van der Waals surface area contributed by atoms with Crippen LogP contribution in [0.25, 0.3) is 0 Å². The van der Waals surface area contributed by atoms with Gasteiger partial charge in [0.15, 0.2) is 37.0 Å². The summed E-state index contributed by atoms with van der Waals surface area (Å²) in [5, 5.41) is 0. The van der Waals surface area contributed by atoms with Gasteiger partial charge in [-0.25, -0.2) is 22.0 Å². The Morgan fingerprint density at radius 1 is 0.621 bits per heavy atom. The molecule has 0 bridgehead atoms. The second-order valence-electron chi connectivity index (χ2n) is 6.16. The van der Waals surface area contributed by atoms with Crippen LogP contribution in [0.2, 0.25) is 0 Å². The van der Waals surface area contributed by atoms with E-state index in [1.54, 1.807) is 0 Å². The van der Waals surface area contributed by atoms with Crippen molar-refractivity contribution in [3.63, 3.8) is 0 Å². The van der Waals surface area contributed by atoms with Crippen molar-refractivity contribution in [2.45, 2.75) is 43.4 Å². The lowest BCUT2D eigenvalue weighted by Crippen LogP contribution is -2.57. The summed E-state index contributed by atoms with van der Waals surface area (Å²) in [5.41, 5.74) is 5.25. The zero-order chi connectivity index (χ0) is 21.6. The molecular formula is C17H28F5NO6. The highest BCUT2D eigenvalue weighted by Gasteiger charge is 2.55. The van der Waals surface area contributed by atoms with Gasteiger partial charge in [-0.15, -0.1) is 0 Å². The van der Waals surface area contributed by atoms with Crippen molar-refractivity contribution < 1.29 is 50.4 Å². The molecule has 1 rings (SSSR count). The second-order valence-corrected chi connectivity index (χ2v) is 6.16. The number of hydrogen-bond donors (Lipinski definition) is 1. The Labute approximate surface area is 165 Å².